The molecule has 0 radical (unpaired) electrons. The van der Waals surface area contributed by atoms with E-state index in [-0.39, 0.29) is 17.4 Å². The van der Waals surface area contributed by atoms with Crippen LogP contribution in [-0.2, 0) is 4.79 Å². The zero-order valence-electron chi connectivity index (χ0n) is 14.0. The van der Waals surface area contributed by atoms with Crippen LogP contribution in [0, 0.1) is 23.7 Å². The number of hydrogen-bond donors (Lipinski definition) is 0. The molecule has 1 amide bonds. The third-order valence-electron chi connectivity index (χ3n) is 4.68. The van der Waals surface area contributed by atoms with E-state index in [2.05, 4.69) is 6.07 Å². The number of hydrogen-bond acceptors (Lipinski definition) is 3. The summed E-state index contributed by atoms with van der Waals surface area (Å²) in [4.78, 5) is 16.9. The molecule has 1 saturated heterocycles. The number of amides is 1. The molecule has 4 heteroatoms. The molecule has 0 bridgehead atoms. The fourth-order valence-corrected chi connectivity index (χ4v) is 3.03. The molecule has 0 aliphatic carbocycles. The topological polar surface area (TPSA) is 47.3 Å². The standard InChI is InChI=1S/C18H25N3O/c1-14-7-5-6-8-15(14)16(20(3)4)17(22)21-11-9-18(2,13-19)10-12-21/h5-8,16H,9-12H2,1-4H3/t16-/m0/s1. The van der Waals surface area contributed by atoms with Gasteiger partial charge in [0.15, 0.2) is 0 Å². The predicted molar refractivity (Wildman–Crippen MR) is 87.1 cm³/mol. The molecule has 1 fully saturated rings. The van der Waals surface area contributed by atoms with Gasteiger partial charge in [-0.15, -0.1) is 0 Å². The number of aryl methyl sites for hydroxylation is 1. The minimum absolute atomic E-state index is 0.138. The summed E-state index contributed by atoms with van der Waals surface area (Å²) in [5.74, 6) is 0.138. The van der Waals surface area contributed by atoms with E-state index in [0.29, 0.717) is 13.1 Å². The van der Waals surface area contributed by atoms with Crippen molar-refractivity contribution in [3.8, 4) is 6.07 Å². The monoisotopic (exact) mass is 299 g/mol. The molecule has 0 aromatic heterocycles. The van der Waals surface area contributed by atoms with Crippen molar-refractivity contribution in [2.45, 2.75) is 32.7 Å². The molecule has 1 heterocycles. The van der Waals surface area contributed by atoms with E-state index in [1.807, 2.05) is 62.0 Å². The quantitative estimate of drug-likeness (QED) is 0.862. The number of piperidine rings is 1. The minimum atomic E-state index is -0.285. The number of rotatable bonds is 3. The second-order valence-corrected chi connectivity index (χ2v) is 6.72. The highest BCUT2D eigenvalue weighted by Gasteiger charge is 2.35. The highest BCUT2D eigenvalue weighted by molar-refractivity contribution is 5.83. The number of nitriles is 1. The van der Waals surface area contributed by atoms with Crippen LogP contribution in [0.3, 0.4) is 0 Å². The van der Waals surface area contributed by atoms with E-state index in [1.165, 1.54) is 0 Å². The summed E-state index contributed by atoms with van der Waals surface area (Å²) in [6, 6.07) is 10.2. The summed E-state index contributed by atoms with van der Waals surface area (Å²) < 4.78 is 0. The lowest BCUT2D eigenvalue weighted by Gasteiger charge is -2.38. The van der Waals surface area contributed by atoms with Crippen LogP contribution in [0.4, 0.5) is 0 Å². The van der Waals surface area contributed by atoms with Gasteiger partial charge in [-0.05, 0) is 51.9 Å². The van der Waals surface area contributed by atoms with Gasteiger partial charge in [-0.2, -0.15) is 5.26 Å². The van der Waals surface area contributed by atoms with Gasteiger partial charge < -0.3 is 4.90 Å². The van der Waals surface area contributed by atoms with Crippen molar-refractivity contribution in [2.24, 2.45) is 5.41 Å². The molecule has 1 atom stereocenters. The molecule has 1 aliphatic heterocycles. The summed E-state index contributed by atoms with van der Waals surface area (Å²) in [5, 5.41) is 9.23. The largest absolute Gasteiger partial charge is 0.341 e. The minimum Gasteiger partial charge on any atom is -0.341 e. The lowest BCUT2D eigenvalue weighted by Crippen LogP contribution is -2.46. The van der Waals surface area contributed by atoms with Gasteiger partial charge in [-0.25, -0.2) is 0 Å². The summed E-state index contributed by atoms with van der Waals surface area (Å²) in [6.07, 6.45) is 1.51. The van der Waals surface area contributed by atoms with Crippen LogP contribution in [0.25, 0.3) is 0 Å². The molecule has 0 N–H and O–H groups in total. The SMILES string of the molecule is Cc1ccccc1[C@@H](C(=O)N1CCC(C)(C#N)CC1)N(C)C. The van der Waals surface area contributed by atoms with Crippen LogP contribution in [0.2, 0.25) is 0 Å². The van der Waals surface area contributed by atoms with Gasteiger partial charge in [-0.1, -0.05) is 24.3 Å². The first-order chi connectivity index (χ1) is 10.4. The Balaban J connectivity index is 2.19. The van der Waals surface area contributed by atoms with Gasteiger partial charge in [0, 0.05) is 13.1 Å². The van der Waals surface area contributed by atoms with Gasteiger partial charge in [0.05, 0.1) is 11.5 Å². The second-order valence-electron chi connectivity index (χ2n) is 6.72. The van der Waals surface area contributed by atoms with Crippen LogP contribution in [0.15, 0.2) is 24.3 Å². The summed E-state index contributed by atoms with van der Waals surface area (Å²) in [5.41, 5.74) is 1.91. The Hall–Kier alpha value is -1.86. The van der Waals surface area contributed by atoms with Crippen molar-refractivity contribution in [3.63, 3.8) is 0 Å². The van der Waals surface area contributed by atoms with Crippen molar-refractivity contribution in [2.75, 3.05) is 27.2 Å². The van der Waals surface area contributed by atoms with Gasteiger partial charge in [0.1, 0.15) is 6.04 Å². The van der Waals surface area contributed by atoms with E-state index >= 15 is 0 Å². The first kappa shape index (κ1) is 16.5. The van der Waals surface area contributed by atoms with E-state index in [9.17, 15) is 10.1 Å². The molecule has 0 unspecified atom stereocenters. The summed E-state index contributed by atoms with van der Waals surface area (Å²) >= 11 is 0. The van der Waals surface area contributed by atoms with E-state index in [1.54, 1.807) is 0 Å². The maximum atomic E-state index is 13.0. The third-order valence-corrected chi connectivity index (χ3v) is 4.68. The maximum Gasteiger partial charge on any atom is 0.244 e. The molecular formula is C18H25N3O. The van der Waals surface area contributed by atoms with Crippen molar-refractivity contribution in [1.29, 1.82) is 5.26 Å². The Morgan fingerprint density at radius 3 is 2.41 bits per heavy atom. The Labute approximate surface area is 133 Å². The Morgan fingerprint density at radius 1 is 1.32 bits per heavy atom. The summed E-state index contributed by atoms with van der Waals surface area (Å²) in [6.45, 7) is 5.36. The number of likely N-dealkylation sites (tertiary alicyclic amines) is 1. The number of benzene rings is 1. The van der Waals surface area contributed by atoms with Gasteiger partial charge in [0.25, 0.3) is 0 Å². The zero-order chi connectivity index (χ0) is 16.3. The van der Waals surface area contributed by atoms with Crippen LogP contribution in [0.5, 0.6) is 0 Å². The Morgan fingerprint density at radius 2 is 1.91 bits per heavy atom. The number of likely N-dealkylation sites (N-methyl/N-ethyl adjacent to an activating group) is 1. The number of carbonyl (C=O) groups is 1. The van der Waals surface area contributed by atoms with Crippen LogP contribution in [0.1, 0.15) is 36.9 Å². The van der Waals surface area contributed by atoms with E-state index < -0.39 is 0 Å². The lowest BCUT2D eigenvalue weighted by molar-refractivity contribution is -0.138. The second kappa shape index (κ2) is 6.50. The Bertz CT molecular complexity index is 580. The fourth-order valence-electron chi connectivity index (χ4n) is 3.03. The Kier molecular flexibility index (Phi) is 4.87. The fraction of sp³-hybridized carbons (Fsp3) is 0.556. The highest BCUT2D eigenvalue weighted by Crippen LogP contribution is 2.32. The number of nitrogens with zero attached hydrogens (tertiary/aromatic N) is 3. The van der Waals surface area contributed by atoms with Gasteiger partial charge in [-0.3, -0.25) is 9.69 Å². The first-order valence-electron chi connectivity index (χ1n) is 7.80. The van der Waals surface area contributed by atoms with E-state index in [0.717, 1.165) is 24.0 Å². The molecule has 1 aromatic carbocycles. The normalized spacial score (nSPS) is 18.8. The number of carbonyl (C=O) groups excluding carboxylic acids is 1. The van der Waals surface area contributed by atoms with E-state index in [4.69, 9.17) is 0 Å². The maximum absolute atomic E-state index is 13.0. The molecular weight excluding hydrogens is 274 g/mol. The van der Waals surface area contributed by atoms with Crippen molar-refractivity contribution in [1.82, 2.24) is 9.80 Å². The molecule has 0 spiro atoms. The molecule has 4 nitrogen and oxygen atoms in total. The first-order valence-corrected chi connectivity index (χ1v) is 7.80. The van der Waals surface area contributed by atoms with Crippen LogP contribution in [-0.4, -0.2) is 42.9 Å². The molecule has 0 saturated carbocycles. The average molecular weight is 299 g/mol. The molecule has 2 rings (SSSR count). The lowest BCUT2D eigenvalue weighted by atomic mass is 9.82. The molecule has 1 aromatic rings. The van der Waals surface area contributed by atoms with Crippen molar-refractivity contribution < 1.29 is 4.79 Å². The third kappa shape index (κ3) is 3.31. The molecule has 22 heavy (non-hydrogen) atoms. The molecule has 118 valence electrons. The highest BCUT2D eigenvalue weighted by atomic mass is 16.2. The van der Waals surface area contributed by atoms with Gasteiger partial charge in [0.2, 0.25) is 5.91 Å². The van der Waals surface area contributed by atoms with Crippen LogP contribution >= 0.6 is 0 Å². The summed E-state index contributed by atoms with van der Waals surface area (Å²) in [7, 11) is 3.89. The molecule has 1 aliphatic rings. The zero-order valence-corrected chi connectivity index (χ0v) is 14.0. The van der Waals surface area contributed by atoms with Crippen molar-refractivity contribution >= 4 is 5.91 Å². The van der Waals surface area contributed by atoms with Crippen molar-refractivity contribution in [3.05, 3.63) is 35.4 Å². The van der Waals surface area contributed by atoms with Crippen LogP contribution < -0.4 is 0 Å². The smallest absolute Gasteiger partial charge is 0.244 e. The average Bonchev–Trinajstić information content (AvgIpc) is 2.50. The predicted octanol–water partition coefficient (Wildman–Crippen LogP) is 2.75. The van der Waals surface area contributed by atoms with Gasteiger partial charge >= 0.3 is 0 Å².